The van der Waals surface area contributed by atoms with Gasteiger partial charge in [0.2, 0.25) is 0 Å². The number of hydrogen-bond donors (Lipinski definition) is 1. The van der Waals surface area contributed by atoms with Gasteiger partial charge in [-0.25, -0.2) is 0 Å². The second kappa shape index (κ2) is 9.92. The average Bonchev–Trinajstić information content (AvgIpc) is 2.93. The van der Waals surface area contributed by atoms with Crippen LogP contribution in [-0.2, 0) is 30.6 Å². The van der Waals surface area contributed by atoms with E-state index in [0.717, 1.165) is 43.0 Å². The highest BCUT2D eigenvalue weighted by atomic mass is 16.5. The first-order valence-corrected chi connectivity index (χ1v) is 9.79. The summed E-state index contributed by atoms with van der Waals surface area (Å²) in [6.07, 6.45) is 7.80. The molecule has 7 heteroatoms. The number of nitrogens with zero attached hydrogens (tertiary/aromatic N) is 3. The van der Waals surface area contributed by atoms with E-state index in [-0.39, 0.29) is 12.5 Å². The quantitative estimate of drug-likeness (QED) is 0.672. The third-order valence-electron chi connectivity index (χ3n) is 4.82. The molecule has 0 radical (unpaired) electrons. The summed E-state index contributed by atoms with van der Waals surface area (Å²) in [7, 11) is 1.58. The number of hydrogen-bond acceptors (Lipinski definition) is 5. The van der Waals surface area contributed by atoms with Crippen LogP contribution >= 0.6 is 0 Å². The molecule has 1 aromatic carbocycles. The third-order valence-corrected chi connectivity index (χ3v) is 4.82. The van der Waals surface area contributed by atoms with Crippen molar-refractivity contribution in [1.82, 2.24) is 20.1 Å². The van der Waals surface area contributed by atoms with Gasteiger partial charge in [-0.3, -0.25) is 4.79 Å². The predicted octanol–water partition coefficient (Wildman–Crippen LogP) is 2.48. The van der Waals surface area contributed by atoms with Crippen molar-refractivity contribution >= 4 is 5.91 Å². The molecule has 1 aromatic heterocycles. The number of nitrogens with one attached hydrogen (secondary N) is 1. The number of rotatable bonds is 9. The van der Waals surface area contributed by atoms with E-state index in [1.54, 1.807) is 7.11 Å². The van der Waals surface area contributed by atoms with Gasteiger partial charge in [0.05, 0.1) is 7.11 Å². The Balaban J connectivity index is 1.46. The van der Waals surface area contributed by atoms with Crippen molar-refractivity contribution in [3.05, 3.63) is 48.1 Å². The third kappa shape index (κ3) is 5.12. The molecule has 28 heavy (non-hydrogen) atoms. The minimum atomic E-state index is -0.173. The molecule has 0 spiro atoms. The molecule has 150 valence electrons. The lowest BCUT2D eigenvalue weighted by Crippen LogP contribution is -2.31. The first-order valence-electron chi connectivity index (χ1n) is 9.79. The van der Waals surface area contributed by atoms with Crippen LogP contribution in [0.1, 0.15) is 36.5 Å². The number of allylic oxidation sites excluding steroid dienone is 1. The van der Waals surface area contributed by atoms with Gasteiger partial charge in [0, 0.05) is 25.9 Å². The number of amides is 1. The number of methoxy groups -OCH3 is 1. The molecule has 0 saturated carbocycles. The van der Waals surface area contributed by atoms with Crippen LogP contribution in [0.2, 0.25) is 0 Å². The van der Waals surface area contributed by atoms with E-state index in [1.807, 2.05) is 24.3 Å². The lowest BCUT2D eigenvalue weighted by Gasteiger charge is -2.12. The molecule has 0 bridgehead atoms. The second-order valence-corrected chi connectivity index (χ2v) is 6.86. The summed E-state index contributed by atoms with van der Waals surface area (Å²) in [6.45, 7) is 5.15. The van der Waals surface area contributed by atoms with Crippen molar-refractivity contribution in [2.45, 2.75) is 45.1 Å². The Bertz CT molecular complexity index is 816. The summed E-state index contributed by atoms with van der Waals surface area (Å²) in [5.74, 6) is 2.99. The van der Waals surface area contributed by atoms with E-state index in [1.165, 1.54) is 12.8 Å². The summed E-state index contributed by atoms with van der Waals surface area (Å²) in [6, 6.07) is 5.65. The molecule has 7 nitrogen and oxygen atoms in total. The number of aryl methyl sites for hydroxylation is 1. The van der Waals surface area contributed by atoms with Crippen LogP contribution in [0.5, 0.6) is 11.5 Å². The number of benzene rings is 1. The van der Waals surface area contributed by atoms with Crippen LogP contribution in [0.3, 0.4) is 0 Å². The molecule has 2 aromatic rings. The highest BCUT2D eigenvalue weighted by Crippen LogP contribution is 2.28. The van der Waals surface area contributed by atoms with Gasteiger partial charge in [-0.15, -0.1) is 16.8 Å². The average molecular weight is 384 g/mol. The van der Waals surface area contributed by atoms with Gasteiger partial charge < -0.3 is 19.4 Å². The van der Waals surface area contributed by atoms with Gasteiger partial charge in [-0.1, -0.05) is 18.6 Å². The molecule has 1 N–H and O–H groups in total. The van der Waals surface area contributed by atoms with Crippen molar-refractivity contribution in [2.75, 3.05) is 20.3 Å². The Morgan fingerprint density at radius 3 is 3.00 bits per heavy atom. The van der Waals surface area contributed by atoms with Crippen LogP contribution in [0, 0.1) is 0 Å². The zero-order valence-electron chi connectivity index (χ0n) is 16.4. The van der Waals surface area contributed by atoms with Crippen LogP contribution in [0.15, 0.2) is 30.9 Å². The number of ether oxygens (including phenoxy) is 2. The molecule has 0 aliphatic carbocycles. The van der Waals surface area contributed by atoms with Gasteiger partial charge in [0.25, 0.3) is 5.91 Å². The van der Waals surface area contributed by atoms with E-state index in [0.29, 0.717) is 24.5 Å². The summed E-state index contributed by atoms with van der Waals surface area (Å²) in [5, 5.41) is 11.5. The Labute approximate surface area is 165 Å². The van der Waals surface area contributed by atoms with Gasteiger partial charge in [0.1, 0.15) is 11.6 Å². The maximum Gasteiger partial charge on any atom is 0.257 e. The molecular weight excluding hydrogens is 356 g/mol. The Morgan fingerprint density at radius 2 is 2.18 bits per heavy atom. The van der Waals surface area contributed by atoms with E-state index in [9.17, 15) is 4.79 Å². The van der Waals surface area contributed by atoms with Crippen molar-refractivity contribution in [3.63, 3.8) is 0 Å². The summed E-state index contributed by atoms with van der Waals surface area (Å²) in [4.78, 5) is 12.1. The first-order chi connectivity index (χ1) is 13.7. The zero-order chi connectivity index (χ0) is 19.8. The van der Waals surface area contributed by atoms with Crippen LogP contribution < -0.4 is 14.8 Å². The number of carbonyl (C=O) groups excluding carboxylic acids is 1. The fraction of sp³-hybridized carbons (Fsp3) is 0.476. The van der Waals surface area contributed by atoms with Crippen LogP contribution in [-0.4, -0.2) is 40.9 Å². The topological polar surface area (TPSA) is 78.3 Å². The molecule has 0 unspecified atom stereocenters. The normalized spacial score (nSPS) is 13.3. The highest BCUT2D eigenvalue weighted by molar-refractivity contribution is 5.77. The summed E-state index contributed by atoms with van der Waals surface area (Å²) < 4.78 is 13.2. The Kier molecular flexibility index (Phi) is 7.06. The number of fused-ring (bicyclic) bond motifs is 1. The van der Waals surface area contributed by atoms with Gasteiger partial charge >= 0.3 is 0 Å². The molecule has 2 heterocycles. The molecule has 0 fully saturated rings. The molecule has 0 atom stereocenters. The van der Waals surface area contributed by atoms with Crippen LogP contribution in [0.4, 0.5) is 0 Å². The molecular formula is C21H28N4O3. The maximum absolute atomic E-state index is 12.1. The van der Waals surface area contributed by atoms with Crippen LogP contribution in [0.25, 0.3) is 0 Å². The molecule has 1 amide bonds. The smallest absolute Gasteiger partial charge is 0.257 e. The Morgan fingerprint density at radius 1 is 1.29 bits per heavy atom. The summed E-state index contributed by atoms with van der Waals surface area (Å²) >= 11 is 0. The maximum atomic E-state index is 12.1. The molecule has 3 rings (SSSR count). The van der Waals surface area contributed by atoms with E-state index in [4.69, 9.17) is 9.47 Å². The lowest BCUT2D eigenvalue weighted by atomic mass is 10.1. The van der Waals surface area contributed by atoms with Gasteiger partial charge in [-0.2, -0.15) is 0 Å². The first kappa shape index (κ1) is 19.9. The largest absolute Gasteiger partial charge is 0.493 e. The van der Waals surface area contributed by atoms with E-state index in [2.05, 4.69) is 26.7 Å². The van der Waals surface area contributed by atoms with E-state index >= 15 is 0 Å². The number of aromatic nitrogens is 3. The highest BCUT2D eigenvalue weighted by Gasteiger charge is 2.15. The second-order valence-electron chi connectivity index (χ2n) is 6.86. The lowest BCUT2D eigenvalue weighted by molar-refractivity contribution is -0.123. The predicted molar refractivity (Wildman–Crippen MR) is 107 cm³/mol. The van der Waals surface area contributed by atoms with E-state index < -0.39 is 0 Å². The standard InChI is InChI=1S/C21H28N4O3/c1-3-7-16-9-10-17(18(14-16)27-2)28-15-21(26)22-12-11-20-24-23-19-8-5-4-6-13-25(19)20/h3,9-10,14H,1,4-8,11-13,15H2,2H3,(H,22,26). The zero-order valence-corrected chi connectivity index (χ0v) is 16.4. The van der Waals surface area contributed by atoms with Crippen molar-refractivity contribution in [1.29, 1.82) is 0 Å². The minimum absolute atomic E-state index is 0.0604. The van der Waals surface area contributed by atoms with Gasteiger partial charge in [0.15, 0.2) is 18.1 Å². The SMILES string of the molecule is C=CCc1ccc(OCC(=O)NCCc2nnc3n2CCCCC3)c(OC)c1. The summed E-state index contributed by atoms with van der Waals surface area (Å²) in [5.41, 5.74) is 1.08. The minimum Gasteiger partial charge on any atom is -0.493 e. The fourth-order valence-electron chi connectivity index (χ4n) is 3.36. The fourth-order valence-corrected chi connectivity index (χ4v) is 3.36. The van der Waals surface area contributed by atoms with Crippen molar-refractivity contribution in [3.8, 4) is 11.5 Å². The van der Waals surface area contributed by atoms with Crippen molar-refractivity contribution < 1.29 is 14.3 Å². The molecule has 1 aliphatic heterocycles. The molecule has 0 saturated heterocycles. The Hall–Kier alpha value is -2.83. The monoisotopic (exact) mass is 384 g/mol. The molecule has 1 aliphatic rings. The number of carbonyl (C=O) groups is 1. The van der Waals surface area contributed by atoms with Crippen molar-refractivity contribution in [2.24, 2.45) is 0 Å². The van der Waals surface area contributed by atoms with Gasteiger partial charge in [-0.05, 0) is 37.0 Å².